The van der Waals surface area contributed by atoms with Crippen molar-refractivity contribution in [3.8, 4) is 0 Å². The number of alkyl halides is 3. The van der Waals surface area contributed by atoms with Gasteiger partial charge in [-0.05, 0) is 61.1 Å². The van der Waals surface area contributed by atoms with Crippen LogP contribution in [0.2, 0.25) is 5.02 Å². The van der Waals surface area contributed by atoms with Crippen LogP contribution < -0.4 is 15.5 Å². The Morgan fingerprint density at radius 3 is 2.43 bits per heavy atom. The monoisotopic (exact) mass is 649 g/mol. The van der Waals surface area contributed by atoms with Crippen LogP contribution in [0.25, 0.3) is 0 Å². The summed E-state index contributed by atoms with van der Waals surface area (Å²) < 4.78 is 39.3. The van der Waals surface area contributed by atoms with Gasteiger partial charge in [-0.2, -0.15) is 13.2 Å². The molecule has 9 nitrogen and oxygen atoms in total. The molecule has 1 aromatic heterocycles. The van der Waals surface area contributed by atoms with Gasteiger partial charge in [-0.15, -0.1) is 0 Å². The largest absolute Gasteiger partial charge is 0.416 e. The van der Waals surface area contributed by atoms with E-state index in [9.17, 15) is 22.8 Å². The molecule has 3 aromatic carbocycles. The summed E-state index contributed by atoms with van der Waals surface area (Å²) in [5.41, 5.74) is 2.52. The van der Waals surface area contributed by atoms with Crippen LogP contribution in [-0.2, 0) is 19.1 Å². The summed E-state index contributed by atoms with van der Waals surface area (Å²) in [6, 6.07) is 16.8. The molecule has 4 aromatic rings. The van der Waals surface area contributed by atoms with Crippen LogP contribution in [0.3, 0.4) is 0 Å². The van der Waals surface area contributed by atoms with Crippen molar-refractivity contribution in [2.45, 2.75) is 19.1 Å². The van der Waals surface area contributed by atoms with Crippen LogP contribution in [0, 0.1) is 0 Å². The maximum absolute atomic E-state index is 13.5. The van der Waals surface area contributed by atoms with Crippen molar-refractivity contribution in [2.75, 3.05) is 55.3 Å². The lowest BCUT2D eigenvalue weighted by Gasteiger charge is -2.32. The molecule has 2 aliphatic heterocycles. The van der Waals surface area contributed by atoms with Gasteiger partial charge in [-0.25, -0.2) is 9.97 Å². The van der Waals surface area contributed by atoms with Gasteiger partial charge in [0.25, 0.3) is 11.8 Å². The number of carbonyl (C=O) groups excluding carboxylic acids is 2. The quantitative estimate of drug-likeness (QED) is 0.250. The molecule has 0 radical (unpaired) electrons. The molecule has 0 bridgehead atoms. The smallest absolute Gasteiger partial charge is 0.324 e. The Labute approximate surface area is 269 Å². The topological polar surface area (TPSA) is 93.7 Å². The highest BCUT2D eigenvalue weighted by Gasteiger charge is 2.31. The molecule has 238 valence electrons. The van der Waals surface area contributed by atoms with E-state index in [0.717, 1.165) is 50.5 Å². The predicted molar refractivity (Wildman–Crippen MR) is 171 cm³/mol. The summed E-state index contributed by atoms with van der Waals surface area (Å²) in [5.74, 6) is -0.707. The Balaban J connectivity index is 1.12. The molecule has 2 aliphatic rings. The number of hydrogen-bond donors (Lipinski definition) is 2. The van der Waals surface area contributed by atoms with E-state index in [-0.39, 0.29) is 28.7 Å². The first-order valence-electron chi connectivity index (χ1n) is 14.8. The first kappa shape index (κ1) is 31.5. The molecule has 2 amide bonds. The number of amides is 2. The van der Waals surface area contributed by atoms with Crippen molar-refractivity contribution in [1.82, 2.24) is 19.8 Å². The van der Waals surface area contributed by atoms with E-state index >= 15 is 0 Å². The number of likely N-dealkylation sites (N-methyl/N-ethyl adjacent to an activating group) is 1. The summed E-state index contributed by atoms with van der Waals surface area (Å²) >= 11 is 6.46. The fourth-order valence-corrected chi connectivity index (χ4v) is 5.68. The zero-order chi connectivity index (χ0) is 32.4. The highest BCUT2D eigenvalue weighted by molar-refractivity contribution is 6.34. The second kappa shape index (κ2) is 13.1. The van der Waals surface area contributed by atoms with E-state index in [1.54, 1.807) is 0 Å². The van der Waals surface area contributed by atoms with Crippen molar-refractivity contribution >= 4 is 46.4 Å². The number of aromatic nitrogens is 2. The van der Waals surface area contributed by atoms with Crippen molar-refractivity contribution in [1.29, 1.82) is 0 Å². The molecule has 0 unspecified atom stereocenters. The van der Waals surface area contributed by atoms with E-state index in [1.165, 1.54) is 47.0 Å². The highest BCUT2D eigenvalue weighted by Crippen LogP contribution is 2.34. The first-order chi connectivity index (χ1) is 22.0. The molecular formula is C33H31ClF3N7O2. The molecular weight excluding hydrogens is 619 g/mol. The van der Waals surface area contributed by atoms with Gasteiger partial charge in [0.05, 0.1) is 27.5 Å². The molecule has 46 heavy (non-hydrogen) atoms. The van der Waals surface area contributed by atoms with E-state index in [2.05, 4.69) is 49.6 Å². The number of rotatable bonds is 7. The van der Waals surface area contributed by atoms with Crippen LogP contribution in [0.15, 0.2) is 72.9 Å². The first-order valence-corrected chi connectivity index (χ1v) is 15.1. The van der Waals surface area contributed by atoms with E-state index < -0.39 is 17.6 Å². The average Bonchev–Trinajstić information content (AvgIpc) is 3.04. The molecule has 3 heterocycles. The van der Waals surface area contributed by atoms with Crippen LogP contribution in [0.5, 0.6) is 0 Å². The van der Waals surface area contributed by atoms with Gasteiger partial charge in [0, 0.05) is 68.8 Å². The molecule has 1 saturated heterocycles. The number of fused-ring (bicyclic) bond motifs is 1. The third-order valence-corrected chi connectivity index (χ3v) is 8.39. The molecule has 0 saturated carbocycles. The molecule has 2 N–H and O–H groups in total. The number of benzene rings is 3. The summed E-state index contributed by atoms with van der Waals surface area (Å²) in [4.78, 5) is 41.5. The standard InChI is InChI=1S/C33H31ClF3N7O2/c1-42-13-15-43(16-14-42)20-21-5-7-24(8-6-21)40-32-38-19-26-28(41-32)11-12-44(31(26)46)29-18-25(9-10-27(29)34)39-30(45)22-3-2-4-23(17-22)33(35,36)37/h2-10,17-19H,11-16,20H2,1H3,(H,39,45)(H,38,40,41). The molecule has 1 fully saturated rings. The molecule has 13 heteroatoms. The number of nitrogens with one attached hydrogen (secondary N) is 2. The average molecular weight is 650 g/mol. The summed E-state index contributed by atoms with van der Waals surface area (Å²) in [6.45, 7) is 5.41. The molecule has 0 spiro atoms. The van der Waals surface area contributed by atoms with Crippen LogP contribution in [-0.4, -0.2) is 71.4 Å². The zero-order valence-corrected chi connectivity index (χ0v) is 25.7. The zero-order valence-electron chi connectivity index (χ0n) is 24.9. The number of carbonyl (C=O) groups is 2. The van der Waals surface area contributed by atoms with Gasteiger partial charge in [-0.1, -0.05) is 29.8 Å². The maximum atomic E-state index is 13.5. The fraction of sp³-hybridized carbons (Fsp3) is 0.273. The third-order valence-electron chi connectivity index (χ3n) is 8.07. The summed E-state index contributed by atoms with van der Waals surface area (Å²) in [5, 5.41) is 6.08. The van der Waals surface area contributed by atoms with Gasteiger partial charge in [-0.3, -0.25) is 14.5 Å². The number of nitrogens with zero attached hydrogens (tertiary/aromatic N) is 5. The Bertz CT molecular complexity index is 1760. The van der Waals surface area contributed by atoms with Gasteiger partial charge >= 0.3 is 6.18 Å². The molecule has 0 aliphatic carbocycles. The van der Waals surface area contributed by atoms with Gasteiger partial charge in [0.2, 0.25) is 5.95 Å². The lowest BCUT2D eigenvalue weighted by molar-refractivity contribution is -0.137. The van der Waals surface area contributed by atoms with E-state index in [1.807, 2.05) is 12.1 Å². The maximum Gasteiger partial charge on any atom is 0.416 e. The second-order valence-electron chi connectivity index (χ2n) is 11.4. The van der Waals surface area contributed by atoms with Gasteiger partial charge in [0.1, 0.15) is 0 Å². The SMILES string of the molecule is CN1CCN(Cc2ccc(Nc3ncc4c(n3)CCN(c3cc(NC(=O)c5cccc(C(F)(F)F)c5)ccc3Cl)C4=O)cc2)CC1. The van der Waals surface area contributed by atoms with Crippen molar-refractivity contribution in [2.24, 2.45) is 0 Å². The Hall–Kier alpha value is -4.52. The van der Waals surface area contributed by atoms with E-state index in [4.69, 9.17) is 11.6 Å². The minimum atomic E-state index is -4.58. The van der Waals surface area contributed by atoms with Crippen molar-refractivity contribution in [3.05, 3.63) is 106 Å². The minimum Gasteiger partial charge on any atom is -0.324 e. The second-order valence-corrected chi connectivity index (χ2v) is 11.8. The summed E-state index contributed by atoms with van der Waals surface area (Å²) in [7, 11) is 2.14. The lowest BCUT2D eigenvalue weighted by Crippen LogP contribution is -2.43. The van der Waals surface area contributed by atoms with Crippen molar-refractivity contribution < 1.29 is 22.8 Å². The normalized spacial score (nSPS) is 15.8. The molecule has 0 atom stereocenters. The van der Waals surface area contributed by atoms with Crippen molar-refractivity contribution in [3.63, 3.8) is 0 Å². The minimum absolute atomic E-state index is 0.155. The Kier molecular flexibility index (Phi) is 8.94. The Morgan fingerprint density at radius 2 is 1.70 bits per heavy atom. The fourth-order valence-electron chi connectivity index (χ4n) is 5.47. The van der Waals surface area contributed by atoms with Gasteiger partial charge < -0.3 is 20.4 Å². The predicted octanol–water partition coefficient (Wildman–Crippen LogP) is 6.10. The van der Waals surface area contributed by atoms with E-state index in [0.29, 0.717) is 29.3 Å². The number of halogens is 4. The molecule has 6 rings (SSSR count). The van der Waals surface area contributed by atoms with Crippen LogP contribution in [0.4, 0.5) is 36.2 Å². The summed E-state index contributed by atoms with van der Waals surface area (Å²) in [6.07, 6.45) is -2.67. The number of hydrogen-bond acceptors (Lipinski definition) is 7. The lowest BCUT2D eigenvalue weighted by atomic mass is 10.1. The van der Waals surface area contributed by atoms with Crippen LogP contribution >= 0.6 is 11.6 Å². The van der Waals surface area contributed by atoms with Crippen LogP contribution in [0.1, 0.15) is 37.5 Å². The third kappa shape index (κ3) is 7.14. The Morgan fingerprint density at radius 1 is 0.957 bits per heavy atom. The number of anilines is 4. The highest BCUT2D eigenvalue weighted by atomic mass is 35.5. The number of piperazine rings is 1. The van der Waals surface area contributed by atoms with Gasteiger partial charge in [0.15, 0.2) is 0 Å².